The molecule has 2 aromatic rings. The minimum atomic E-state index is -4.64. The van der Waals surface area contributed by atoms with Crippen molar-refractivity contribution in [2.75, 3.05) is 6.54 Å². The van der Waals surface area contributed by atoms with Crippen molar-refractivity contribution in [3.05, 3.63) is 65.7 Å². The van der Waals surface area contributed by atoms with E-state index in [1.54, 1.807) is 30.3 Å². The average Bonchev–Trinajstić information content (AvgIpc) is 2.74. The number of halogens is 3. The van der Waals surface area contributed by atoms with Gasteiger partial charge in [-0.25, -0.2) is 8.42 Å². The zero-order valence-electron chi connectivity index (χ0n) is 16.9. The molecule has 2 N–H and O–H groups in total. The minimum Gasteiger partial charge on any atom is -0.369 e. The molecule has 3 rings (SSSR count). The van der Waals surface area contributed by atoms with Crippen molar-refractivity contribution in [3.8, 4) is 0 Å². The Kier molecular flexibility index (Phi) is 7.06. The lowest BCUT2D eigenvalue weighted by Gasteiger charge is -2.31. The van der Waals surface area contributed by atoms with Gasteiger partial charge in [0.25, 0.3) is 0 Å². The van der Waals surface area contributed by atoms with E-state index in [9.17, 15) is 26.4 Å². The van der Waals surface area contributed by atoms with E-state index in [-0.39, 0.29) is 35.7 Å². The maximum absolute atomic E-state index is 13.3. The van der Waals surface area contributed by atoms with Crippen LogP contribution in [0, 0.1) is 11.8 Å². The first kappa shape index (κ1) is 23.3. The predicted octanol–water partition coefficient (Wildman–Crippen LogP) is 4.19. The number of sulfonamides is 1. The Bertz CT molecular complexity index is 1000. The number of nitrogens with two attached hydrogens (primary N) is 1. The van der Waals surface area contributed by atoms with Crippen molar-refractivity contribution in [1.82, 2.24) is 4.31 Å². The van der Waals surface area contributed by atoms with Crippen molar-refractivity contribution < 1.29 is 26.4 Å². The van der Waals surface area contributed by atoms with E-state index in [0.717, 1.165) is 17.7 Å². The second kappa shape index (κ2) is 9.40. The third-order valence-electron chi connectivity index (χ3n) is 5.71. The first-order valence-electron chi connectivity index (χ1n) is 10.1. The van der Waals surface area contributed by atoms with Gasteiger partial charge in [-0.15, -0.1) is 0 Å². The maximum atomic E-state index is 13.3. The number of alkyl halides is 3. The number of nitrogens with zero attached hydrogens (tertiary/aromatic N) is 1. The molecule has 0 unspecified atom stereocenters. The molecular weight excluding hydrogens is 429 g/mol. The summed E-state index contributed by atoms with van der Waals surface area (Å²) in [5.41, 5.74) is 5.11. The summed E-state index contributed by atoms with van der Waals surface area (Å²) in [5, 5.41) is 0. The van der Waals surface area contributed by atoms with Gasteiger partial charge in [0, 0.05) is 19.0 Å². The molecule has 0 bridgehead atoms. The molecule has 0 aromatic heterocycles. The van der Waals surface area contributed by atoms with Crippen LogP contribution in [0.15, 0.2) is 59.5 Å². The molecule has 0 saturated heterocycles. The molecule has 31 heavy (non-hydrogen) atoms. The molecule has 1 aliphatic rings. The van der Waals surface area contributed by atoms with Gasteiger partial charge in [-0.1, -0.05) is 36.4 Å². The van der Waals surface area contributed by atoms with Gasteiger partial charge in [-0.05, 0) is 55.4 Å². The summed E-state index contributed by atoms with van der Waals surface area (Å²) in [4.78, 5) is 11.0. The Morgan fingerprint density at radius 2 is 1.65 bits per heavy atom. The third-order valence-corrected chi connectivity index (χ3v) is 7.52. The molecule has 0 atom stereocenters. The number of rotatable bonds is 7. The van der Waals surface area contributed by atoms with Crippen LogP contribution in [0.1, 0.15) is 36.8 Å². The summed E-state index contributed by atoms with van der Waals surface area (Å²) in [6.45, 7) is 0.216. The smallest absolute Gasteiger partial charge is 0.369 e. The molecule has 0 aliphatic heterocycles. The molecule has 2 aromatic carbocycles. The van der Waals surface area contributed by atoms with E-state index in [0.29, 0.717) is 31.7 Å². The summed E-state index contributed by atoms with van der Waals surface area (Å²) in [5.74, 6) is -0.560. The molecule has 0 radical (unpaired) electrons. The molecule has 1 fully saturated rings. The topological polar surface area (TPSA) is 80.5 Å². The fourth-order valence-corrected chi connectivity index (χ4v) is 5.48. The summed E-state index contributed by atoms with van der Waals surface area (Å²) in [6.07, 6.45) is -2.19. The minimum absolute atomic E-state index is 0.000106. The third kappa shape index (κ3) is 5.86. The molecule has 0 spiro atoms. The van der Waals surface area contributed by atoms with Crippen LogP contribution < -0.4 is 5.73 Å². The quantitative estimate of drug-likeness (QED) is 0.681. The van der Waals surface area contributed by atoms with E-state index in [4.69, 9.17) is 5.73 Å². The van der Waals surface area contributed by atoms with Crippen LogP contribution >= 0.6 is 0 Å². The first-order valence-corrected chi connectivity index (χ1v) is 11.5. The second-order valence-corrected chi connectivity index (χ2v) is 9.87. The highest BCUT2D eigenvalue weighted by molar-refractivity contribution is 7.89. The van der Waals surface area contributed by atoms with Crippen molar-refractivity contribution in [1.29, 1.82) is 0 Å². The van der Waals surface area contributed by atoms with E-state index in [1.807, 2.05) is 0 Å². The normalized spacial score (nSPS) is 20.0. The monoisotopic (exact) mass is 454 g/mol. The highest BCUT2D eigenvalue weighted by atomic mass is 32.2. The molecule has 9 heteroatoms. The van der Waals surface area contributed by atoms with Crippen LogP contribution in [0.4, 0.5) is 13.2 Å². The maximum Gasteiger partial charge on any atom is 0.416 e. The van der Waals surface area contributed by atoms with E-state index < -0.39 is 21.8 Å². The largest absolute Gasteiger partial charge is 0.416 e. The summed E-state index contributed by atoms with van der Waals surface area (Å²) in [7, 11) is -4.17. The van der Waals surface area contributed by atoms with Gasteiger partial charge in [0.2, 0.25) is 15.9 Å². The fraction of sp³-hybridized carbons (Fsp3) is 0.409. The van der Waals surface area contributed by atoms with Crippen LogP contribution in [0.2, 0.25) is 0 Å². The lowest BCUT2D eigenvalue weighted by Crippen LogP contribution is -2.37. The van der Waals surface area contributed by atoms with Gasteiger partial charge in [-0.3, -0.25) is 4.79 Å². The van der Waals surface area contributed by atoms with Crippen LogP contribution in [0.25, 0.3) is 0 Å². The molecule has 5 nitrogen and oxygen atoms in total. The highest BCUT2D eigenvalue weighted by Crippen LogP contribution is 2.33. The predicted molar refractivity (Wildman–Crippen MR) is 110 cm³/mol. The first-order chi connectivity index (χ1) is 14.6. The molecule has 1 amide bonds. The summed E-state index contributed by atoms with van der Waals surface area (Å²) >= 11 is 0. The summed E-state index contributed by atoms with van der Waals surface area (Å²) in [6, 6.07) is 12.7. The Balaban J connectivity index is 1.88. The van der Waals surface area contributed by atoms with Crippen molar-refractivity contribution in [2.24, 2.45) is 17.6 Å². The van der Waals surface area contributed by atoms with E-state index in [2.05, 4.69) is 0 Å². The number of hydrogen-bond acceptors (Lipinski definition) is 3. The molecule has 1 saturated carbocycles. The average molecular weight is 455 g/mol. The van der Waals surface area contributed by atoms with E-state index >= 15 is 0 Å². The SMILES string of the molecule is NC(=O)C1CCC(CN(Cc2ccccc2)S(=O)(=O)c2cccc(C(F)(F)F)c2)CC1. The zero-order chi connectivity index (χ0) is 22.6. The van der Waals surface area contributed by atoms with Crippen LogP contribution in [-0.4, -0.2) is 25.2 Å². The van der Waals surface area contributed by atoms with Gasteiger partial charge in [0.05, 0.1) is 10.5 Å². The molecule has 0 heterocycles. The van der Waals surface area contributed by atoms with Gasteiger partial charge >= 0.3 is 6.18 Å². The molecule has 168 valence electrons. The number of carbonyl (C=O) groups is 1. The number of primary amides is 1. The van der Waals surface area contributed by atoms with Gasteiger partial charge in [0.1, 0.15) is 0 Å². The molecular formula is C22H25F3N2O3S. The Hall–Kier alpha value is -2.39. The van der Waals surface area contributed by atoms with Gasteiger partial charge in [-0.2, -0.15) is 17.5 Å². The molecule has 1 aliphatic carbocycles. The van der Waals surface area contributed by atoms with Gasteiger partial charge < -0.3 is 5.73 Å². The second-order valence-electron chi connectivity index (χ2n) is 7.93. The van der Waals surface area contributed by atoms with Gasteiger partial charge in [0.15, 0.2) is 0 Å². The van der Waals surface area contributed by atoms with Crippen LogP contribution in [-0.2, 0) is 27.5 Å². The van der Waals surface area contributed by atoms with E-state index in [1.165, 1.54) is 10.4 Å². The van der Waals surface area contributed by atoms with Crippen molar-refractivity contribution in [3.63, 3.8) is 0 Å². The number of hydrogen-bond donors (Lipinski definition) is 1. The van der Waals surface area contributed by atoms with Crippen molar-refractivity contribution in [2.45, 2.75) is 43.3 Å². The number of carbonyl (C=O) groups excluding carboxylic acids is 1. The van der Waals surface area contributed by atoms with Crippen LogP contribution in [0.5, 0.6) is 0 Å². The van der Waals surface area contributed by atoms with Crippen molar-refractivity contribution >= 4 is 15.9 Å². The number of amides is 1. The lowest BCUT2D eigenvalue weighted by molar-refractivity contribution is -0.137. The fourth-order valence-electron chi connectivity index (χ4n) is 3.93. The zero-order valence-corrected chi connectivity index (χ0v) is 17.7. The Morgan fingerprint density at radius 1 is 1.00 bits per heavy atom. The lowest BCUT2D eigenvalue weighted by atomic mass is 9.81. The summed E-state index contributed by atoms with van der Waals surface area (Å²) < 4.78 is 67.3. The standard InChI is InChI=1S/C22H25F3N2O3S/c23-22(24,25)19-7-4-8-20(13-19)31(29,30)27(14-16-5-2-1-3-6-16)15-17-9-11-18(12-10-17)21(26)28/h1-8,13,17-18H,9-12,14-15H2,(H2,26,28). The number of benzene rings is 2. The highest BCUT2D eigenvalue weighted by Gasteiger charge is 2.34. The Morgan fingerprint density at radius 3 is 2.23 bits per heavy atom. The van der Waals surface area contributed by atoms with Crippen LogP contribution in [0.3, 0.4) is 0 Å². The Labute approximate surface area is 180 Å².